The molecule has 0 radical (unpaired) electrons. The van der Waals surface area contributed by atoms with Gasteiger partial charge in [-0.25, -0.2) is 0 Å². The van der Waals surface area contributed by atoms with Gasteiger partial charge in [0.15, 0.2) is 0 Å². The van der Waals surface area contributed by atoms with Crippen LogP contribution in [0.25, 0.3) is 0 Å². The number of hydrogen-bond acceptors (Lipinski definition) is 4. The van der Waals surface area contributed by atoms with Gasteiger partial charge >= 0.3 is 0 Å². The summed E-state index contributed by atoms with van der Waals surface area (Å²) in [5.41, 5.74) is 1.72. The van der Waals surface area contributed by atoms with Gasteiger partial charge in [-0.15, -0.1) is 0 Å². The van der Waals surface area contributed by atoms with Gasteiger partial charge in [0, 0.05) is 43.5 Å². The lowest BCUT2D eigenvalue weighted by Crippen LogP contribution is -2.58. The van der Waals surface area contributed by atoms with E-state index in [1.165, 1.54) is 0 Å². The van der Waals surface area contributed by atoms with Crippen LogP contribution in [-0.2, 0) is 11.3 Å². The molecule has 0 saturated heterocycles. The Morgan fingerprint density at radius 1 is 1.14 bits per heavy atom. The van der Waals surface area contributed by atoms with Crippen molar-refractivity contribution in [3.63, 3.8) is 0 Å². The Hall–Kier alpha value is -2.73. The number of hydrogen-bond donors (Lipinski definition) is 2. The molecule has 35 heavy (non-hydrogen) atoms. The number of aliphatic hydroxyl groups is 1. The molecule has 2 aliphatic rings. The molecule has 2 aliphatic carbocycles. The zero-order chi connectivity index (χ0) is 25.2. The lowest BCUT2D eigenvalue weighted by atomic mass is 9.51. The van der Waals surface area contributed by atoms with Gasteiger partial charge in [-0.1, -0.05) is 51.1 Å². The maximum absolute atomic E-state index is 13.3. The molecule has 1 heterocycles. The third-order valence-corrected chi connectivity index (χ3v) is 8.82. The number of nitrogens with one attached hydrogen (secondary N) is 1. The van der Waals surface area contributed by atoms with Gasteiger partial charge in [0.25, 0.3) is 5.91 Å². The molecule has 2 N–H and O–H groups in total. The monoisotopic (exact) mass is 477 g/mol. The van der Waals surface area contributed by atoms with Crippen molar-refractivity contribution < 1.29 is 14.7 Å². The molecule has 6 heteroatoms. The molecular formula is C29H39N3O3. The minimum atomic E-state index is -0.576. The van der Waals surface area contributed by atoms with Crippen LogP contribution in [0.1, 0.15) is 62.4 Å². The van der Waals surface area contributed by atoms with Crippen molar-refractivity contribution in [2.75, 3.05) is 7.05 Å². The number of rotatable bonds is 6. The summed E-state index contributed by atoms with van der Waals surface area (Å²) in [5.74, 6) is -0.222. The fourth-order valence-corrected chi connectivity index (χ4v) is 6.72. The van der Waals surface area contributed by atoms with Crippen molar-refractivity contribution in [3.05, 3.63) is 66.0 Å². The molecule has 188 valence electrons. The first-order valence-electron chi connectivity index (χ1n) is 12.9. The maximum atomic E-state index is 13.3. The SMILES string of the molecule is C[C@H]1[C@@H]2[C@@H](O)[C@@H]([C@H](C)C(=O)N(C)Cc3ccccc3)CC[C@@]2(C)CC[C@@H]1NC(=O)c1ccncc1. The van der Waals surface area contributed by atoms with Crippen LogP contribution >= 0.6 is 0 Å². The highest BCUT2D eigenvalue weighted by atomic mass is 16.3. The minimum absolute atomic E-state index is 0.00565. The van der Waals surface area contributed by atoms with Gasteiger partial charge in [0.1, 0.15) is 0 Å². The van der Waals surface area contributed by atoms with Crippen molar-refractivity contribution in [3.8, 4) is 0 Å². The van der Waals surface area contributed by atoms with Crippen LogP contribution in [0, 0.1) is 29.1 Å². The molecule has 1 aromatic heterocycles. The van der Waals surface area contributed by atoms with Crippen molar-refractivity contribution in [1.82, 2.24) is 15.2 Å². The third-order valence-electron chi connectivity index (χ3n) is 8.82. The summed E-state index contributed by atoms with van der Waals surface area (Å²) in [6, 6.07) is 13.4. The van der Waals surface area contributed by atoms with Gasteiger partial charge < -0.3 is 15.3 Å². The molecule has 0 spiro atoms. The second kappa shape index (κ2) is 10.5. The first-order chi connectivity index (χ1) is 16.7. The topological polar surface area (TPSA) is 82.5 Å². The second-order valence-corrected chi connectivity index (χ2v) is 11.1. The Bertz CT molecular complexity index is 1010. The number of fused-ring (bicyclic) bond motifs is 1. The van der Waals surface area contributed by atoms with Gasteiger partial charge in [-0.3, -0.25) is 14.6 Å². The summed E-state index contributed by atoms with van der Waals surface area (Å²) >= 11 is 0. The van der Waals surface area contributed by atoms with Crippen LogP contribution in [0.4, 0.5) is 0 Å². The van der Waals surface area contributed by atoms with Crippen LogP contribution in [0.15, 0.2) is 54.9 Å². The van der Waals surface area contributed by atoms with E-state index in [9.17, 15) is 14.7 Å². The number of amides is 2. The number of carbonyl (C=O) groups excluding carboxylic acids is 2. The fourth-order valence-electron chi connectivity index (χ4n) is 6.72. The summed E-state index contributed by atoms with van der Waals surface area (Å²) in [6.07, 6.45) is 6.38. The number of nitrogens with zero attached hydrogens (tertiary/aromatic N) is 2. The summed E-state index contributed by atoms with van der Waals surface area (Å²) < 4.78 is 0. The number of carbonyl (C=O) groups is 2. The lowest BCUT2D eigenvalue weighted by Gasteiger charge is -2.56. The Morgan fingerprint density at radius 3 is 2.49 bits per heavy atom. The van der Waals surface area contributed by atoms with Gasteiger partial charge in [0.05, 0.1) is 6.10 Å². The lowest BCUT2D eigenvalue weighted by molar-refractivity contribution is -0.149. The molecule has 2 fully saturated rings. The van der Waals surface area contributed by atoms with Crippen LogP contribution < -0.4 is 5.32 Å². The zero-order valence-corrected chi connectivity index (χ0v) is 21.4. The van der Waals surface area contributed by atoms with Gasteiger partial charge in [-0.05, 0) is 66.5 Å². The van der Waals surface area contributed by atoms with E-state index in [-0.39, 0.29) is 46.9 Å². The highest BCUT2D eigenvalue weighted by Gasteiger charge is 2.54. The van der Waals surface area contributed by atoms with Crippen molar-refractivity contribution >= 4 is 11.8 Å². The van der Waals surface area contributed by atoms with E-state index in [1.807, 2.05) is 44.3 Å². The molecule has 4 rings (SSSR count). The number of benzene rings is 1. The highest BCUT2D eigenvalue weighted by molar-refractivity contribution is 5.94. The molecular weight excluding hydrogens is 438 g/mol. The quantitative estimate of drug-likeness (QED) is 0.650. The van der Waals surface area contributed by atoms with Crippen LogP contribution in [0.2, 0.25) is 0 Å². The summed E-state index contributed by atoms with van der Waals surface area (Å²) in [6.45, 7) is 6.96. The summed E-state index contributed by atoms with van der Waals surface area (Å²) in [7, 11) is 1.85. The van der Waals surface area contributed by atoms with Crippen molar-refractivity contribution in [2.24, 2.45) is 29.1 Å². The van der Waals surface area contributed by atoms with Crippen molar-refractivity contribution in [2.45, 2.75) is 65.1 Å². The van der Waals surface area contributed by atoms with Crippen LogP contribution in [0.3, 0.4) is 0 Å². The fraction of sp³-hybridized carbons (Fsp3) is 0.552. The van der Waals surface area contributed by atoms with Crippen molar-refractivity contribution in [1.29, 1.82) is 0 Å². The average Bonchev–Trinajstić information content (AvgIpc) is 2.86. The van der Waals surface area contributed by atoms with E-state index < -0.39 is 6.10 Å². The number of pyridine rings is 1. The predicted molar refractivity (Wildman–Crippen MR) is 136 cm³/mol. The molecule has 6 nitrogen and oxygen atoms in total. The normalized spacial score (nSPS) is 31.2. The molecule has 0 bridgehead atoms. The predicted octanol–water partition coefficient (Wildman–Crippen LogP) is 4.30. The maximum Gasteiger partial charge on any atom is 0.251 e. The molecule has 2 amide bonds. The molecule has 7 atom stereocenters. The standard InChI is InChI=1S/C29H39N3O3/c1-19(28(35)32(4)18-21-8-6-5-7-9-21)23-10-14-29(3)15-11-24(20(2)25(29)26(23)33)31-27(34)22-12-16-30-17-13-22/h5-9,12-13,16-17,19-20,23-26,33H,10-11,14-15,18H2,1-4H3,(H,31,34)/t19-,20+,23+,24-,25+,26-,29-/m0/s1. The van der Waals surface area contributed by atoms with E-state index in [0.29, 0.717) is 12.1 Å². The van der Waals surface area contributed by atoms with E-state index in [4.69, 9.17) is 0 Å². The Morgan fingerprint density at radius 2 is 1.80 bits per heavy atom. The molecule has 0 aliphatic heterocycles. The minimum Gasteiger partial charge on any atom is -0.392 e. The third kappa shape index (κ3) is 5.27. The van der Waals surface area contributed by atoms with Crippen LogP contribution in [0.5, 0.6) is 0 Å². The highest BCUT2D eigenvalue weighted by Crippen LogP contribution is 2.55. The number of aromatic nitrogens is 1. The molecule has 2 aromatic rings. The molecule has 0 unspecified atom stereocenters. The largest absolute Gasteiger partial charge is 0.392 e. The number of aliphatic hydroxyl groups excluding tert-OH is 1. The Kier molecular flexibility index (Phi) is 7.60. The first kappa shape index (κ1) is 25.4. The van der Waals surface area contributed by atoms with E-state index in [1.54, 1.807) is 29.4 Å². The Balaban J connectivity index is 1.45. The Labute approximate surface area is 209 Å². The zero-order valence-electron chi connectivity index (χ0n) is 21.4. The van der Waals surface area contributed by atoms with E-state index in [2.05, 4.69) is 24.1 Å². The van der Waals surface area contributed by atoms with Crippen LogP contribution in [-0.4, -0.2) is 46.0 Å². The first-order valence-corrected chi connectivity index (χ1v) is 12.9. The summed E-state index contributed by atoms with van der Waals surface area (Å²) in [5, 5.41) is 14.9. The molecule has 2 saturated carbocycles. The molecule has 1 aromatic carbocycles. The van der Waals surface area contributed by atoms with E-state index >= 15 is 0 Å². The summed E-state index contributed by atoms with van der Waals surface area (Å²) in [4.78, 5) is 31.9. The van der Waals surface area contributed by atoms with Gasteiger partial charge in [0.2, 0.25) is 5.91 Å². The second-order valence-electron chi connectivity index (χ2n) is 11.1. The van der Waals surface area contributed by atoms with Gasteiger partial charge in [-0.2, -0.15) is 0 Å². The van der Waals surface area contributed by atoms with E-state index in [0.717, 1.165) is 31.2 Å². The smallest absolute Gasteiger partial charge is 0.251 e. The average molecular weight is 478 g/mol.